The molecule has 1 nitrogen and oxygen atoms in total. The van der Waals surface area contributed by atoms with Crippen LogP contribution >= 0.6 is 11.3 Å². The molecule has 10 aromatic carbocycles. The van der Waals surface area contributed by atoms with E-state index in [1.807, 2.05) is 17.4 Å². The summed E-state index contributed by atoms with van der Waals surface area (Å²) in [5.74, 6) is 0. The number of benzene rings is 10. The fourth-order valence-corrected chi connectivity index (χ4v) is 10.1. The first kappa shape index (κ1) is 29.8. The first-order chi connectivity index (χ1) is 26.7. The van der Waals surface area contributed by atoms with Crippen molar-refractivity contribution in [3.63, 3.8) is 0 Å². The zero-order chi connectivity index (χ0) is 35.3. The van der Waals surface area contributed by atoms with E-state index in [1.165, 1.54) is 107 Å². The Hall–Kier alpha value is -6.74. The van der Waals surface area contributed by atoms with Crippen molar-refractivity contribution in [3.8, 4) is 33.4 Å². The maximum atomic E-state index is 6.27. The molecule has 0 fully saturated rings. The number of para-hydroxylation sites is 1. The van der Waals surface area contributed by atoms with Gasteiger partial charge in [0.25, 0.3) is 0 Å². The minimum Gasteiger partial charge on any atom is -0.456 e. The number of fused-ring (bicyclic) bond motifs is 11. The van der Waals surface area contributed by atoms with Crippen LogP contribution in [0.1, 0.15) is 0 Å². The average molecular weight is 703 g/mol. The van der Waals surface area contributed by atoms with Crippen molar-refractivity contribution in [3.05, 3.63) is 182 Å². The number of furan rings is 1. The topological polar surface area (TPSA) is 13.1 Å². The highest BCUT2D eigenvalue weighted by Crippen LogP contribution is 2.46. The number of hydrogen-bond donors (Lipinski definition) is 0. The maximum Gasteiger partial charge on any atom is 0.136 e. The van der Waals surface area contributed by atoms with Crippen LogP contribution in [-0.2, 0) is 0 Å². The third-order valence-electron chi connectivity index (χ3n) is 11.4. The van der Waals surface area contributed by atoms with Crippen molar-refractivity contribution in [2.75, 3.05) is 0 Å². The highest BCUT2D eigenvalue weighted by Gasteiger charge is 2.18. The Morgan fingerprint density at radius 3 is 1.67 bits per heavy atom. The SMILES string of the molecule is c1cc(-c2ccc3sc4cc5ccc6oc7ccccc7c6c5cc4c3c2)cc(-c2c3ccccc3c(-c3ccc4ccccc4c3)c3ccccc23)c1. The highest BCUT2D eigenvalue weighted by molar-refractivity contribution is 7.25. The van der Waals surface area contributed by atoms with Crippen LogP contribution in [0.15, 0.2) is 186 Å². The van der Waals surface area contributed by atoms with Crippen molar-refractivity contribution in [1.82, 2.24) is 0 Å². The van der Waals surface area contributed by atoms with Crippen molar-refractivity contribution in [1.29, 1.82) is 0 Å². The maximum absolute atomic E-state index is 6.27. The summed E-state index contributed by atoms with van der Waals surface area (Å²) >= 11 is 1.87. The van der Waals surface area contributed by atoms with Crippen LogP contribution in [0.25, 0.3) is 119 Å². The van der Waals surface area contributed by atoms with Gasteiger partial charge in [0.1, 0.15) is 11.2 Å². The molecule has 0 bridgehead atoms. The Morgan fingerprint density at radius 1 is 0.296 bits per heavy atom. The molecule has 0 atom stereocenters. The lowest BCUT2D eigenvalue weighted by atomic mass is 9.85. The molecule has 2 aromatic heterocycles. The number of hydrogen-bond acceptors (Lipinski definition) is 2. The van der Waals surface area contributed by atoms with E-state index in [2.05, 4.69) is 176 Å². The van der Waals surface area contributed by atoms with Gasteiger partial charge in [-0.05, 0) is 125 Å². The molecule has 0 radical (unpaired) electrons. The second-order valence-electron chi connectivity index (χ2n) is 14.4. The Balaban J connectivity index is 1.05. The lowest BCUT2D eigenvalue weighted by Crippen LogP contribution is -1.91. The van der Waals surface area contributed by atoms with Crippen LogP contribution in [0, 0.1) is 0 Å². The highest BCUT2D eigenvalue weighted by atomic mass is 32.1. The summed E-state index contributed by atoms with van der Waals surface area (Å²) in [6, 6.07) is 66.9. The minimum absolute atomic E-state index is 0.932. The molecule has 54 heavy (non-hydrogen) atoms. The largest absolute Gasteiger partial charge is 0.456 e. The fourth-order valence-electron chi connectivity index (χ4n) is 8.95. The second-order valence-corrected chi connectivity index (χ2v) is 15.5. The molecule has 0 unspecified atom stereocenters. The predicted molar refractivity (Wildman–Crippen MR) is 233 cm³/mol. The van der Waals surface area contributed by atoms with E-state index in [0.29, 0.717) is 0 Å². The van der Waals surface area contributed by atoms with Crippen molar-refractivity contribution >= 4 is 96.5 Å². The van der Waals surface area contributed by atoms with Gasteiger partial charge in [0, 0.05) is 30.9 Å². The van der Waals surface area contributed by atoms with Gasteiger partial charge in [-0.15, -0.1) is 11.3 Å². The summed E-state index contributed by atoms with van der Waals surface area (Å²) in [7, 11) is 0. The van der Waals surface area contributed by atoms with E-state index in [4.69, 9.17) is 4.42 Å². The molecule has 0 aliphatic carbocycles. The zero-order valence-electron chi connectivity index (χ0n) is 29.1. The second kappa shape index (κ2) is 11.4. The van der Waals surface area contributed by atoms with Gasteiger partial charge in [-0.1, -0.05) is 133 Å². The van der Waals surface area contributed by atoms with E-state index < -0.39 is 0 Å². The van der Waals surface area contributed by atoms with Crippen LogP contribution < -0.4 is 0 Å². The summed E-state index contributed by atoms with van der Waals surface area (Å²) in [4.78, 5) is 0. The first-order valence-corrected chi connectivity index (χ1v) is 19.3. The number of thiophene rings is 1. The first-order valence-electron chi connectivity index (χ1n) is 18.5. The standard InChI is InChI=1S/C52H30OS/c1-2-11-32-26-37(21-20-31(32)10-1)51-40-16-5-3-14-38(40)50(39-15-4-6-17-41(39)51)36-13-9-12-33(27-36)34-23-25-48-44(28-34)45-30-43-35(29-49(45)54-48)22-24-47-52(43)42-18-7-8-19-46(42)53-47/h1-30H. The molecule has 0 saturated heterocycles. The van der Waals surface area contributed by atoms with Gasteiger partial charge in [-0.2, -0.15) is 0 Å². The molecule has 2 heteroatoms. The Bertz CT molecular complexity index is 3450. The lowest BCUT2D eigenvalue weighted by molar-refractivity contribution is 0.669. The summed E-state index contributed by atoms with van der Waals surface area (Å²) in [5.41, 5.74) is 9.33. The third-order valence-corrected chi connectivity index (χ3v) is 12.5. The molecule has 250 valence electrons. The molecule has 0 saturated carbocycles. The predicted octanol–water partition coefficient (Wildman–Crippen LogP) is 15.6. The van der Waals surface area contributed by atoms with Crippen molar-refractivity contribution in [2.45, 2.75) is 0 Å². The Labute approximate surface area is 314 Å². The van der Waals surface area contributed by atoms with Gasteiger partial charge < -0.3 is 4.42 Å². The average Bonchev–Trinajstić information content (AvgIpc) is 3.79. The van der Waals surface area contributed by atoms with Crippen LogP contribution in [0.4, 0.5) is 0 Å². The van der Waals surface area contributed by atoms with Gasteiger partial charge >= 0.3 is 0 Å². The van der Waals surface area contributed by atoms with Gasteiger partial charge in [0.05, 0.1) is 0 Å². The van der Waals surface area contributed by atoms with E-state index in [1.54, 1.807) is 0 Å². The Morgan fingerprint density at radius 2 is 0.889 bits per heavy atom. The molecule has 0 aliphatic rings. The molecule has 0 N–H and O–H groups in total. The number of rotatable bonds is 3. The molecule has 12 rings (SSSR count). The minimum atomic E-state index is 0.932. The molecule has 0 aliphatic heterocycles. The smallest absolute Gasteiger partial charge is 0.136 e. The molecule has 0 amide bonds. The summed E-state index contributed by atoms with van der Waals surface area (Å²) in [6.45, 7) is 0. The molecular weight excluding hydrogens is 673 g/mol. The van der Waals surface area contributed by atoms with E-state index in [0.717, 1.165) is 11.2 Å². The van der Waals surface area contributed by atoms with Crippen LogP contribution in [0.5, 0.6) is 0 Å². The fraction of sp³-hybridized carbons (Fsp3) is 0. The van der Waals surface area contributed by atoms with Crippen LogP contribution in [-0.4, -0.2) is 0 Å². The van der Waals surface area contributed by atoms with Crippen LogP contribution in [0.2, 0.25) is 0 Å². The molecule has 2 heterocycles. The van der Waals surface area contributed by atoms with E-state index in [9.17, 15) is 0 Å². The summed E-state index contributed by atoms with van der Waals surface area (Å²) < 4.78 is 8.87. The molecule has 12 aromatic rings. The summed E-state index contributed by atoms with van der Waals surface area (Å²) in [5, 5.41) is 15.0. The lowest BCUT2D eigenvalue weighted by Gasteiger charge is -2.18. The quantitative estimate of drug-likeness (QED) is 0.167. The van der Waals surface area contributed by atoms with Crippen LogP contribution in [0.3, 0.4) is 0 Å². The van der Waals surface area contributed by atoms with Gasteiger partial charge in [0.2, 0.25) is 0 Å². The van der Waals surface area contributed by atoms with Crippen molar-refractivity contribution in [2.24, 2.45) is 0 Å². The Kier molecular flexibility index (Phi) is 6.28. The monoisotopic (exact) mass is 702 g/mol. The zero-order valence-corrected chi connectivity index (χ0v) is 30.0. The van der Waals surface area contributed by atoms with E-state index >= 15 is 0 Å². The van der Waals surface area contributed by atoms with Gasteiger partial charge in [-0.3, -0.25) is 0 Å². The molecule has 0 spiro atoms. The van der Waals surface area contributed by atoms with Gasteiger partial charge in [-0.25, -0.2) is 0 Å². The molecular formula is C52H30OS. The van der Waals surface area contributed by atoms with Crippen molar-refractivity contribution < 1.29 is 4.42 Å². The summed E-state index contributed by atoms with van der Waals surface area (Å²) in [6.07, 6.45) is 0. The van der Waals surface area contributed by atoms with E-state index in [-0.39, 0.29) is 0 Å². The van der Waals surface area contributed by atoms with Gasteiger partial charge in [0.15, 0.2) is 0 Å². The normalized spacial score (nSPS) is 12.1. The third kappa shape index (κ3) is 4.38.